The second kappa shape index (κ2) is 8.34. The van der Waals surface area contributed by atoms with Crippen molar-refractivity contribution in [3.8, 4) is 0 Å². The topological polar surface area (TPSA) is 41.1 Å². The summed E-state index contributed by atoms with van der Waals surface area (Å²) in [6.07, 6.45) is 5.58. The van der Waals surface area contributed by atoms with E-state index in [1.165, 1.54) is 5.56 Å². The van der Waals surface area contributed by atoms with Gasteiger partial charge in [0, 0.05) is 12.7 Å². The molecular weight excluding hydrogens is 224 g/mol. The quantitative estimate of drug-likeness (QED) is 0.744. The van der Waals surface area contributed by atoms with Crippen molar-refractivity contribution in [2.45, 2.75) is 26.7 Å². The second-order valence-electron chi connectivity index (χ2n) is 4.59. The Hall–Kier alpha value is -1.77. The van der Waals surface area contributed by atoms with E-state index < -0.39 is 0 Å². The molecule has 0 fully saturated rings. The van der Waals surface area contributed by atoms with Crippen molar-refractivity contribution in [1.82, 2.24) is 10.6 Å². The molecule has 0 radical (unpaired) electrons. The zero-order valence-corrected chi connectivity index (χ0v) is 11.1. The molecule has 0 unspecified atom stereocenters. The average molecular weight is 246 g/mol. The van der Waals surface area contributed by atoms with Gasteiger partial charge in [-0.05, 0) is 24.3 Å². The van der Waals surface area contributed by atoms with Gasteiger partial charge in [0.1, 0.15) is 0 Å². The lowest BCUT2D eigenvalue weighted by molar-refractivity contribution is 0.244. The molecule has 0 bridgehead atoms. The van der Waals surface area contributed by atoms with Crippen molar-refractivity contribution in [2.24, 2.45) is 5.92 Å². The highest BCUT2D eigenvalue weighted by Gasteiger charge is 1.96. The maximum Gasteiger partial charge on any atom is 0.318 e. The van der Waals surface area contributed by atoms with Crippen molar-refractivity contribution < 1.29 is 4.79 Å². The third-order valence-corrected chi connectivity index (χ3v) is 2.47. The van der Waals surface area contributed by atoms with Gasteiger partial charge in [-0.15, -0.1) is 0 Å². The molecule has 0 atom stereocenters. The third kappa shape index (κ3) is 6.74. The van der Waals surface area contributed by atoms with Gasteiger partial charge in [-0.2, -0.15) is 0 Å². The maximum absolute atomic E-state index is 11.4. The molecule has 0 spiro atoms. The lowest BCUT2D eigenvalue weighted by Gasteiger charge is -2.05. The standard InChI is InChI=1S/C15H22N2O/c1-13(2)10-12-17-15(18)16-11-6-9-14-7-4-3-5-8-14/h3-5,7-8,10,12-13H,6,9,11H2,1-2H3,(H2,16,17,18)/b12-10+. The molecule has 3 nitrogen and oxygen atoms in total. The third-order valence-electron chi connectivity index (χ3n) is 2.47. The number of nitrogens with one attached hydrogen (secondary N) is 2. The normalized spacial score (nSPS) is 10.8. The molecule has 0 aliphatic carbocycles. The number of rotatable bonds is 6. The van der Waals surface area contributed by atoms with Gasteiger partial charge >= 0.3 is 6.03 Å². The monoisotopic (exact) mass is 246 g/mol. The Morgan fingerprint density at radius 2 is 2.00 bits per heavy atom. The average Bonchev–Trinajstić information content (AvgIpc) is 2.35. The first-order valence-corrected chi connectivity index (χ1v) is 6.43. The molecule has 18 heavy (non-hydrogen) atoms. The first kappa shape index (κ1) is 14.3. The van der Waals surface area contributed by atoms with Crippen LogP contribution >= 0.6 is 0 Å². The van der Waals surface area contributed by atoms with E-state index in [1.807, 2.05) is 24.3 Å². The van der Waals surface area contributed by atoms with Crippen LogP contribution in [0, 0.1) is 5.92 Å². The second-order valence-corrected chi connectivity index (χ2v) is 4.59. The van der Waals surface area contributed by atoms with E-state index in [2.05, 4.69) is 36.6 Å². The largest absolute Gasteiger partial charge is 0.338 e. The zero-order valence-electron chi connectivity index (χ0n) is 11.1. The molecule has 0 saturated carbocycles. The van der Waals surface area contributed by atoms with Crippen molar-refractivity contribution in [1.29, 1.82) is 0 Å². The molecule has 2 N–H and O–H groups in total. The van der Waals surface area contributed by atoms with Crippen LogP contribution in [0.15, 0.2) is 42.6 Å². The highest BCUT2D eigenvalue weighted by Crippen LogP contribution is 2.01. The van der Waals surface area contributed by atoms with E-state index in [-0.39, 0.29) is 6.03 Å². The Morgan fingerprint density at radius 3 is 2.67 bits per heavy atom. The Balaban J connectivity index is 2.09. The number of aryl methyl sites for hydroxylation is 1. The van der Waals surface area contributed by atoms with Crippen LogP contribution in [0.25, 0.3) is 0 Å². The van der Waals surface area contributed by atoms with E-state index in [9.17, 15) is 4.79 Å². The molecule has 1 aromatic carbocycles. The summed E-state index contributed by atoms with van der Waals surface area (Å²) < 4.78 is 0. The van der Waals surface area contributed by atoms with Gasteiger partial charge in [-0.3, -0.25) is 0 Å². The fourth-order valence-electron chi connectivity index (χ4n) is 1.51. The molecule has 2 amide bonds. The minimum Gasteiger partial charge on any atom is -0.338 e. The Kier molecular flexibility index (Phi) is 6.62. The van der Waals surface area contributed by atoms with Crippen molar-refractivity contribution >= 4 is 6.03 Å². The van der Waals surface area contributed by atoms with Crippen LogP contribution in [-0.4, -0.2) is 12.6 Å². The number of hydrogen-bond donors (Lipinski definition) is 2. The van der Waals surface area contributed by atoms with Gasteiger partial charge < -0.3 is 10.6 Å². The van der Waals surface area contributed by atoms with Crippen LogP contribution in [0.4, 0.5) is 4.79 Å². The van der Waals surface area contributed by atoms with Crippen LogP contribution in [0.5, 0.6) is 0 Å². The highest BCUT2D eigenvalue weighted by molar-refractivity contribution is 5.74. The number of carbonyl (C=O) groups excluding carboxylic acids is 1. The molecule has 0 aromatic heterocycles. The van der Waals surface area contributed by atoms with Crippen molar-refractivity contribution in [2.75, 3.05) is 6.54 Å². The summed E-state index contributed by atoms with van der Waals surface area (Å²) in [4.78, 5) is 11.4. The Bertz CT molecular complexity index is 371. The number of urea groups is 1. The van der Waals surface area contributed by atoms with E-state index in [1.54, 1.807) is 6.20 Å². The number of carbonyl (C=O) groups is 1. The number of hydrogen-bond acceptors (Lipinski definition) is 1. The number of amides is 2. The summed E-state index contributed by atoms with van der Waals surface area (Å²) >= 11 is 0. The van der Waals surface area contributed by atoms with E-state index in [0.717, 1.165) is 12.8 Å². The summed E-state index contributed by atoms with van der Waals surface area (Å²) in [5.74, 6) is 0.448. The minimum absolute atomic E-state index is 0.139. The summed E-state index contributed by atoms with van der Waals surface area (Å²) in [6, 6.07) is 10.1. The summed E-state index contributed by atoms with van der Waals surface area (Å²) in [7, 11) is 0. The molecule has 0 heterocycles. The highest BCUT2D eigenvalue weighted by atomic mass is 16.2. The molecule has 1 aromatic rings. The van der Waals surface area contributed by atoms with Crippen LogP contribution in [0.2, 0.25) is 0 Å². The summed E-state index contributed by atoms with van der Waals surface area (Å²) in [6.45, 7) is 4.82. The molecule has 98 valence electrons. The zero-order chi connectivity index (χ0) is 13.2. The molecule has 0 aliphatic rings. The fraction of sp³-hybridized carbons (Fsp3) is 0.400. The molecule has 0 aliphatic heterocycles. The molecule has 0 saturated heterocycles. The van der Waals surface area contributed by atoms with Gasteiger partial charge in [-0.1, -0.05) is 50.3 Å². The predicted octanol–water partition coefficient (Wildman–Crippen LogP) is 3.09. The Labute approximate surface area is 109 Å². The van der Waals surface area contributed by atoms with Crippen molar-refractivity contribution in [3.63, 3.8) is 0 Å². The maximum atomic E-state index is 11.4. The van der Waals surface area contributed by atoms with E-state index >= 15 is 0 Å². The van der Waals surface area contributed by atoms with E-state index in [0.29, 0.717) is 12.5 Å². The Morgan fingerprint density at radius 1 is 1.28 bits per heavy atom. The smallest absolute Gasteiger partial charge is 0.318 e. The van der Waals surface area contributed by atoms with Gasteiger partial charge in [0.05, 0.1) is 0 Å². The molecule has 1 rings (SSSR count). The van der Waals surface area contributed by atoms with Gasteiger partial charge in [0.25, 0.3) is 0 Å². The SMILES string of the molecule is CC(C)/C=C/NC(=O)NCCCc1ccccc1. The van der Waals surface area contributed by atoms with Crippen LogP contribution in [0.3, 0.4) is 0 Å². The van der Waals surface area contributed by atoms with Crippen LogP contribution < -0.4 is 10.6 Å². The lowest BCUT2D eigenvalue weighted by atomic mass is 10.1. The molecular formula is C15H22N2O. The van der Waals surface area contributed by atoms with Crippen molar-refractivity contribution in [3.05, 3.63) is 48.2 Å². The number of benzene rings is 1. The van der Waals surface area contributed by atoms with Gasteiger partial charge in [0.15, 0.2) is 0 Å². The predicted molar refractivity (Wildman–Crippen MR) is 75.3 cm³/mol. The molecule has 3 heteroatoms. The van der Waals surface area contributed by atoms with Crippen LogP contribution in [-0.2, 0) is 6.42 Å². The first-order chi connectivity index (χ1) is 8.68. The van der Waals surface area contributed by atoms with Gasteiger partial charge in [0.2, 0.25) is 0 Å². The first-order valence-electron chi connectivity index (χ1n) is 6.43. The van der Waals surface area contributed by atoms with Crippen LogP contribution in [0.1, 0.15) is 25.8 Å². The minimum atomic E-state index is -0.139. The van der Waals surface area contributed by atoms with E-state index in [4.69, 9.17) is 0 Å². The van der Waals surface area contributed by atoms with Gasteiger partial charge in [-0.25, -0.2) is 4.79 Å². The fourth-order valence-corrected chi connectivity index (χ4v) is 1.51. The summed E-state index contributed by atoms with van der Waals surface area (Å²) in [5.41, 5.74) is 1.31. The summed E-state index contributed by atoms with van der Waals surface area (Å²) in [5, 5.41) is 5.51. The number of allylic oxidation sites excluding steroid dienone is 1. The lowest BCUT2D eigenvalue weighted by Crippen LogP contribution is -2.33.